The number of ether oxygens (including phenoxy) is 3. The molecule has 1 saturated carbocycles. The molecule has 3 rings (SSSR count). The number of benzene rings is 1. The average Bonchev–Trinajstić information content (AvgIpc) is 3.49. The zero-order chi connectivity index (χ0) is 20.8. The molecule has 1 heterocycles. The third kappa shape index (κ3) is 5.07. The summed E-state index contributed by atoms with van der Waals surface area (Å²) >= 11 is 0. The van der Waals surface area contributed by atoms with Crippen LogP contribution in [0.5, 0.6) is 17.2 Å². The van der Waals surface area contributed by atoms with Gasteiger partial charge in [-0.3, -0.25) is 9.89 Å². The summed E-state index contributed by atoms with van der Waals surface area (Å²) in [6, 6.07) is 4.62. The minimum Gasteiger partial charge on any atom is -0.493 e. The third-order valence-corrected chi connectivity index (χ3v) is 5.96. The summed E-state index contributed by atoms with van der Waals surface area (Å²) in [5.41, 5.74) is 1.11. The Bertz CT molecular complexity index is 702. The highest BCUT2D eigenvalue weighted by molar-refractivity contribution is 5.80. The summed E-state index contributed by atoms with van der Waals surface area (Å²) < 4.78 is 16.5. The van der Waals surface area contributed by atoms with E-state index in [-0.39, 0.29) is 0 Å². The Balaban J connectivity index is 1.56. The molecule has 2 unspecified atom stereocenters. The minimum atomic E-state index is 0.614. The van der Waals surface area contributed by atoms with Gasteiger partial charge in [-0.05, 0) is 24.8 Å². The number of guanidine groups is 1. The molecule has 7 nitrogen and oxygen atoms in total. The fourth-order valence-electron chi connectivity index (χ4n) is 4.22. The van der Waals surface area contributed by atoms with Crippen molar-refractivity contribution in [2.75, 3.05) is 54.6 Å². The highest BCUT2D eigenvalue weighted by Crippen LogP contribution is 2.40. The van der Waals surface area contributed by atoms with E-state index in [2.05, 4.69) is 33.1 Å². The molecule has 0 bridgehead atoms. The van der Waals surface area contributed by atoms with Crippen LogP contribution in [0.3, 0.4) is 0 Å². The van der Waals surface area contributed by atoms with Crippen molar-refractivity contribution in [1.82, 2.24) is 15.1 Å². The summed E-state index contributed by atoms with van der Waals surface area (Å²) in [6.07, 6.45) is 3.86. The molecule has 1 N–H and O–H groups in total. The molecule has 1 saturated heterocycles. The third-order valence-electron chi connectivity index (χ3n) is 5.96. The Labute approximate surface area is 175 Å². The molecule has 0 amide bonds. The number of aliphatic imine (C=N–C) groups is 1. The van der Waals surface area contributed by atoms with Gasteiger partial charge in [0.15, 0.2) is 17.5 Å². The summed E-state index contributed by atoms with van der Waals surface area (Å²) in [5, 5.41) is 3.66. The second-order valence-corrected chi connectivity index (χ2v) is 7.84. The topological polar surface area (TPSA) is 58.6 Å². The summed E-state index contributed by atoms with van der Waals surface area (Å²) in [5.74, 6) is 3.98. The molecule has 0 aromatic heterocycles. The molecule has 0 spiro atoms. The molecule has 29 heavy (non-hydrogen) atoms. The van der Waals surface area contributed by atoms with Crippen LogP contribution in [-0.4, -0.2) is 76.4 Å². The fraction of sp³-hybridized carbons (Fsp3) is 0.682. The molecule has 162 valence electrons. The van der Waals surface area contributed by atoms with Gasteiger partial charge in [-0.25, -0.2) is 0 Å². The predicted molar refractivity (Wildman–Crippen MR) is 116 cm³/mol. The van der Waals surface area contributed by atoms with E-state index in [0.29, 0.717) is 17.5 Å². The Morgan fingerprint density at radius 1 is 1.07 bits per heavy atom. The maximum Gasteiger partial charge on any atom is 0.203 e. The van der Waals surface area contributed by atoms with E-state index in [4.69, 9.17) is 14.2 Å². The van der Waals surface area contributed by atoms with Gasteiger partial charge in [-0.1, -0.05) is 19.4 Å². The van der Waals surface area contributed by atoms with Gasteiger partial charge in [0.1, 0.15) is 0 Å². The number of hydrogen-bond acceptors (Lipinski definition) is 5. The maximum atomic E-state index is 5.64. The van der Waals surface area contributed by atoms with Crippen LogP contribution in [0.2, 0.25) is 0 Å². The minimum absolute atomic E-state index is 0.614. The quantitative estimate of drug-likeness (QED) is 0.531. The lowest BCUT2D eigenvalue weighted by atomic mass is 10.1. The van der Waals surface area contributed by atoms with Crippen molar-refractivity contribution < 1.29 is 14.2 Å². The molecular weight excluding hydrogens is 368 g/mol. The normalized spacial score (nSPS) is 22.4. The van der Waals surface area contributed by atoms with Gasteiger partial charge < -0.3 is 24.4 Å². The Morgan fingerprint density at radius 3 is 2.38 bits per heavy atom. The van der Waals surface area contributed by atoms with Gasteiger partial charge in [-0.15, -0.1) is 0 Å². The van der Waals surface area contributed by atoms with Crippen LogP contribution in [0.4, 0.5) is 0 Å². The van der Waals surface area contributed by atoms with E-state index < -0.39 is 0 Å². The van der Waals surface area contributed by atoms with E-state index in [1.807, 2.05) is 13.1 Å². The zero-order valence-corrected chi connectivity index (χ0v) is 18.5. The highest BCUT2D eigenvalue weighted by Gasteiger charge is 2.37. The van der Waals surface area contributed by atoms with E-state index >= 15 is 0 Å². The maximum absolute atomic E-state index is 5.64. The first-order valence-electron chi connectivity index (χ1n) is 10.6. The number of nitrogens with one attached hydrogen (secondary N) is 1. The first-order valence-corrected chi connectivity index (χ1v) is 10.6. The predicted octanol–water partition coefficient (Wildman–Crippen LogP) is 2.59. The van der Waals surface area contributed by atoms with Crippen LogP contribution in [0.25, 0.3) is 0 Å². The van der Waals surface area contributed by atoms with Crippen molar-refractivity contribution in [3.8, 4) is 17.2 Å². The zero-order valence-electron chi connectivity index (χ0n) is 18.5. The number of piperazine rings is 1. The Morgan fingerprint density at radius 2 is 1.79 bits per heavy atom. The van der Waals surface area contributed by atoms with E-state index in [1.165, 1.54) is 19.3 Å². The van der Waals surface area contributed by atoms with E-state index in [0.717, 1.165) is 55.9 Å². The summed E-state index contributed by atoms with van der Waals surface area (Å²) in [4.78, 5) is 9.35. The van der Waals surface area contributed by atoms with Gasteiger partial charge in [0.05, 0.1) is 21.3 Å². The number of rotatable bonds is 8. The molecule has 0 radical (unpaired) electrons. The number of methoxy groups -OCH3 is 3. The first kappa shape index (κ1) is 21.6. The van der Waals surface area contributed by atoms with Crippen molar-refractivity contribution >= 4 is 5.96 Å². The summed E-state index contributed by atoms with van der Waals surface area (Å²) in [6.45, 7) is 7.00. The van der Waals surface area contributed by atoms with E-state index in [1.54, 1.807) is 21.3 Å². The van der Waals surface area contributed by atoms with Crippen LogP contribution in [0.1, 0.15) is 31.7 Å². The van der Waals surface area contributed by atoms with Crippen LogP contribution in [0.15, 0.2) is 17.1 Å². The molecule has 2 fully saturated rings. The number of hydrogen-bond donors (Lipinski definition) is 1. The first-order chi connectivity index (χ1) is 14.1. The van der Waals surface area contributed by atoms with Gasteiger partial charge in [0.25, 0.3) is 0 Å². The van der Waals surface area contributed by atoms with Crippen molar-refractivity contribution in [2.45, 2.75) is 38.8 Å². The molecule has 1 aromatic rings. The van der Waals surface area contributed by atoms with Crippen molar-refractivity contribution in [3.63, 3.8) is 0 Å². The molecule has 1 aliphatic heterocycles. The van der Waals surface area contributed by atoms with Gasteiger partial charge in [0, 0.05) is 51.4 Å². The average molecular weight is 405 g/mol. The number of nitrogens with zero attached hydrogens (tertiary/aromatic N) is 3. The molecule has 1 aliphatic carbocycles. The van der Waals surface area contributed by atoms with Crippen molar-refractivity contribution in [1.29, 1.82) is 0 Å². The summed E-state index contributed by atoms with van der Waals surface area (Å²) in [7, 11) is 6.86. The van der Waals surface area contributed by atoms with Crippen molar-refractivity contribution in [3.05, 3.63) is 17.7 Å². The Hall–Kier alpha value is -2.15. The van der Waals surface area contributed by atoms with Gasteiger partial charge in [0.2, 0.25) is 5.75 Å². The second kappa shape index (κ2) is 10.1. The van der Waals surface area contributed by atoms with E-state index in [9.17, 15) is 0 Å². The highest BCUT2D eigenvalue weighted by atomic mass is 16.5. The standard InChI is InChI=1S/C22H36N4O3/c1-6-7-16-14-18(16)24-22(23-2)26-12-10-25(11-13-26)15-17-8-9-19(27-3)21(29-5)20(17)28-4/h8-9,16,18H,6-7,10-15H2,1-5H3,(H,23,24). The van der Waals surface area contributed by atoms with Crippen molar-refractivity contribution in [2.24, 2.45) is 10.9 Å². The SMILES string of the molecule is CCCC1CC1NC(=NC)N1CCN(Cc2ccc(OC)c(OC)c2OC)CC1. The van der Waals surface area contributed by atoms with Crippen LogP contribution in [0, 0.1) is 5.92 Å². The lowest BCUT2D eigenvalue weighted by Crippen LogP contribution is -2.52. The van der Waals surface area contributed by atoms with Crippen LogP contribution >= 0.6 is 0 Å². The lowest BCUT2D eigenvalue weighted by molar-refractivity contribution is 0.170. The van der Waals surface area contributed by atoms with Gasteiger partial charge in [-0.2, -0.15) is 0 Å². The van der Waals surface area contributed by atoms with Crippen LogP contribution < -0.4 is 19.5 Å². The largest absolute Gasteiger partial charge is 0.493 e. The molecule has 1 aromatic carbocycles. The Kier molecular flexibility index (Phi) is 7.47. The second-order valence-electron chi connectivity index (χ2n) is 7.84. The fourth-order valence-corrected chi connectivity index (χ4v) is 4.22. The molecule has 2 aliphatic rings. The smallest absolute Gasteiger partial charge is 0.203 e. The lowest BCUT2D eigenvalue weighted by Gasteiger charge is -2.36. The molecular formula is C22H36N4O3. The monoisotopic (exact) mass is 404 g/mol. The van der Waals surface area contributed by atoms with Gasteiger partial charge >= 0.3 is 0 Å². The molecule has 2 atom stereocenters. The molecule has 7 heteroatoms. The van der Waals surface area contributed by atoms with Crippen LogP contribution in [-0.2, 0) is 6.54 Å².